The topological polar surface area (TPSA) is 91.4 Å². The molecule has 2 heterocycles. The summed E-state index contributed by atoms with van der Waals surface area (Å²) in [7, 11) is 7.13. The smallest absolute Gasteiger partial charge is 0.327 e. The Morgan fingerprint density at radius 1 is 1.13 bits per heavy atom. The molecule has 1 N–H and O–H groups in total. The molecule has 9 nitrogen and oxygen atoms in total. The summed E-state index contributed by atoms with van der Waals surface area (Å²) in [5.41, 5.74) is 1.94. The van der Waals surface area contributed by atoms with Gasteiger partial charge in [-0.3, -0.25) is 14.5 Å². The molecule has 1 fully saturated rings. The third-order valence-corrected chi connectivity index (χ3v) is 5.75. The Labute approximate surface area is 183 Å². The zero-order valence-electron chi connectivity index (χ0n) is 18.8. The lowest BCUT2D eigenvalue weighted by Gasteiger charge is -2.29. The lowest BCUT2D eigenvalue weighted by atomic mass is 9.94. The summed E-state index contributed by atoms with van der Waals surface area (Å²) >= 11 is 0. The van der Waals surface area contributed by atoms with Crippen molar-refractivity contribution in [1.82, 2.24) is 20.0 Å². The first-order valence-corrected chi connectivity index (χ1v) is 10.6. The number of nitrogens with one attached hydrogen (secondary N) is 1. The Balaban J connectivity index is 1.55. The molecule has 31 heavy (non-hydrogen) atoms. The van der Waals surface area contributed by atoms with E-state index in [9.17, 15) is 14.4 Å². The average molecular weight is 433 g/mol. The molecule has 1 aromatic rings. The van der Waals surface area contributed by atoms with Crippen molar-refractivity contribution in [3.05, 3.63) is 23.3 Å². The van der Waals surface area contributed by atoms with Crippen molar-refractivity contribution in [2.24, 2.45) is 0 Å². The predicted octanol–water partition coefficient (Wildman–Crippen LogP) is 1.24. The molecule has 2 aliphatic heterocycles. The van der Waals surface area contributed by atoms with Gasteiger partial charge in [0.1, 0.15) is 6.04 Å². The van der Waals surface area contributed by atoms with Crippen LogP contribution in [0.15, 0.2) is 12.1 Å². The molecule has 0 aliphatic carbocycles. The first-order valence-electron chi connectivity index (χ1n) is 10.6. The average Bonchev–Trinajstić information content (AvgIpc) is 2.98. The standard InChI is InChI=1S/C22H32N4O5/c1-24(2)9-6-8-23-20(27)7-5-10-25-21(28)17-11-15-12-18(30-3)19(31-4)13-16(15)14-26(17)22(25)29/h12-13,17H,5-11,14H2,1-4H3,(H,23,27). The van der Waals surface area contributed by atoms with Gasteiger partial charge in [-0.05, 0) is 56.7 Å². The van der Waals surface area contributed by atoms with Crippen LogP contribution in [0.1, 0.15) is 30.4 Å². The number of ether oxygens (including phenoxy) is 2. The summed E-state index contributed by atoms with van der Waals surface area (Å²) in [5.74, 6) is 0.963. The molecule has 9 heteroatoms. The molecular weight excluding hydrogens is 400 g/mol. The molecule has 3 rings (SSSR count). The number of amides is 4. The van der Waals surface area contributed by atoms with Crippen LogP contribution in [-0.4, -0.2) is 86.5 Å². The molecule has 0 aromatic heterocycles. The third-order valence-electron chi connectivity index (χ3n) is 5.75. The van der Waals surface area contributed by atoms with Crippen molar-refractivity contribution in [3.63, 3.8) is 0 Å². The van der Waals surface area contributed by atoms with Crippen molar-refractivity contribution in [2.45, 2.75) is 38.3 Å². The fourth-order valence-electron chi connectivity index (χ4n) is 4.08. The van der Waals surface area contributed by atoms with Gasteiger partial charge in [0.15, 0.2) is 11.5 Å². The van der Waals surface area contributed by atoms with Gasteiger partial charge in [-0.15, -0.1) is 0 Å². The van der Waals surface area contributed by atoms with Crippen LogP contribution in [0, 0.1) is 0 Å². The van der Waals surface area contributed by atoms with E-state index in [0.717, 1.165) is 24.1 Å². The highest BCUT2D eigenvalue weighted by Gasteiger charge is 2.47. The minimum atomic E-state index is -0.502. The summed E-state index contributed by atoms with van der Waals surface area (Å²) < 4.78 is 10.7. The molecule has 1 atom stereocenters. The fourth-order valence-corrected chi connectivity index (χ4v) is 4.08. The number of hydrogen-bond donors (Lipinski definition) is 1. The van der Waals surface area contributed by atoms with E-state index in [1.807, 2.05) is 26.2 Å². The third kappa shape index (κ3) is 5.10. The van der Waals surface area contributed by atoms with Gasteiger partial charge in [-0.1, -0.05) is 0 Å². The Morgan fingerprint density at radius 3 is 2.45 bits per heavy atom. The van der Waals surface area contributed by atoms with Gasteiger partial charge >= 0.3 is 6.03 Å². The molecule has 4 amide bonds. The van der Waals surface area contributed by atoms with Crippen molar-refractivity contribution >= 4 is 17.8 Å². The minimum absolute atomic E-state index is 0.0535. The molecule has 1 aromatic carbocycles. The summed E-state index contributed by atoms with van der Waals surface area (Å²) in [6, 6.07) is 2.96. The molecular formula is C22H32N4O5. The van der Waals surface area contributed by atoms with Gasteiger partial charge in [-0.25, -0.2) is 4.79 Å². The van der Waals surface area contributed by atoms with E-state index in [1.165, 1.54) is 4.90 Å². The number of carbonyl (C=O) groups is 3. The SMILES string of the molecule is COc1cc2c(cc1OC)CN1C(=O)N(CCCC(=O)NCCCN(C)C)C(=O)C1C2. The highest BCUT2D eigenvalue weighted by Crippen LogP contribution is 2.37. The first-order chi connectivity index (χ1) is 14.8. The summed E-state index contributed by atoms with van der Waals surface area (Å²) in [6.07, 6.45) is 2.07. The van der Waals surface area contributed by atoms with Gasteiger partial charge in [0, 0.05) is 32.5 Å². The van der Waals surface area contributed by atoms with E-state index in [-0.39, 0.29) is 30.8 Å². The fraction of sp³-hybridized carbons (Fsp3) is 0.591. The maximum Gasteiger partial charge on any atom is 0.327 e. The number of imide groups is 1. The Morgan fingerprint density at radius 2 is 1.81 bits per heavy atom. The largest absolute Gasteiger partial charge is 0.493 e. The van der Waals surface area contributed by atoms with Crippen LogP contribution in [0.5, 0.6) is 11.5 Å². The van der Waals surface area contributed by atoms with E-state index in [0.29, 0.717) is 37.4 Å². The van der Waals surface area contributed by atoms with Crippen LogP contribution in [0.25, 0.3) is 0 Å². The van der Waals surface area contributed by atoms with Crippen LogP contribution in [0.4, 0.5) is 4.79 Å². The van der Waals surface area contributed by atoms with Crippen molar-refractivity contribution in [3.8, 4) is 11.5 Å². The number of methoxy groups -OCH3 is 2. The zero-order valence-corrected chi connectivity index (χ0v) is 18.8. The molecule has 1 unspecified atom stereocenters. The number of urea groups is 1. The zero-order chi connectivity index (χ0) is 22.5. The normalized spacial score (nSPS) is 17.6. The number of fused-ring (bicyclic) bond motifs is 2. The molecule has 0 spiro atoms. The van der Waals surface area contributed by atoms with Crippen molar-refractivity contribution in [1.29, 1.82) is 0 Å². The van der Waals surface area contributed by atoms with Crippen LogP contribution in [0.3, 0.4) is 0 Å². The Kier molecular flexibility index (Phi) is 7.37. The maximum absolute atomic E-state index is 12.9. The quantitative estimate of drug-likeness (QED) is 0.442. The van der Waals surface area contributed by atoms with Crippen LogP contribution >= 0.6 is 0 Å². The number of carbonyl (C=O) groups excluding carboxylic acids is 3. The molecule has 0 bridgehead atoms. The van der Waals surface area contributed by atoms with Gasteiger partial charge in [0.2, 0.25) is 5.91 Å². The van der Waals surface area contributed by atoms with Crippen LogP contribution in [0.2, 0.25) is 0 Å². The summed E-state index contributed by atoms with van der Waals surface area (Å²) in [4.78, 5) is 42.7. The van der Waals surface area contributed by atoms with Gasteiger partial charge in [0.25, 0.3) is 5.91 Å². The monoisotopic (exact) mass is 432 g/mol. The number of rotatable bonds is 10. The highest BCUT2D eigenvalue weighted by atomic mass is 16.5. The summed E-state index contributed by atoms with van der Waals surface area (Å²) in [5, 5.41) is 2.88. The van der Waals surface area contributed by atoms with E-state index in [4.69, 9.17) is 9.47 Å². The van der Waals surface area contributed by atoms with E-state index in [2.05, 4.69) is 10.2 Å². The van der Waals surface area contributed by atoms with Crippen LogP contribution < -0.4 is 14.8 Å². The van der Waals surface area contributed by atoms with Crippen LogP contribution in [-0.2, 0) is 22.6 Å². The van der Waals surface area contributed by atoms with Crippen molar-refractivity contribution in [2.75, 3.05) is 47.9 Å². The molecule has 0 saturated carbocycles. The minimum Gasteiger partial charge on any atom is -0.493 e. The lowest BCUT2D eigenvalue weighted by Crippen LogP contribution is -2.40. The first kappa shape index (κ1) is 22.9. The van der Waals surface area contributed by atoms with E-state index >= 15 is 0 Å². The van der Waals surface area contributed by atoms with Gasteiger partial charge < -0.3 is 24.6 Å². The Hall–Kier alpha value is -2.81. The second-order valence-corrected chi connectivity index (χ2v) is 8.21. The molecule has 2 aliphatic rings. The predicted molar refractivity (Wildman–Crippen MR) is 115 cm³/mol. The molecule has 0 radical (unpaired) electrons. The van der Waals surface area contributed by atoms with Crippen molar-refractivity contribution < 1.29 is 23.9 Å². The summed E-state index contributed by atoms with van der Waals surface area (Å²) in [6.45, 7) is 2.14. The number of hydrogen-bond acceptors (Lipinski definition) is 6. The maximum atomic E-state index is 12.9. The number of nitrogens with zero attached hydrogens (tertiary/aromatic N) is 3. The van der Waals surface area contributed by atoms with E-state index < -0.39 is 6.04 Å². The van der Waals surface area contributed by atoms with E-state index in [1.54, 1.807) is 19.1 Å². The Bertz CT molecular complexity index is 790. The second kappa shape index (κ2) is 10.00. The second-order valence-electron chi connectivity index (χ2n) is 8.21. The van der Waals surface area contributed by atoms with Gasteiger partial charge in [-0.2, -0.15) is 0 Å². The number of benzene rings is 1. The van der Waals surface area contributed by atoms with Gasteiger partial charge in [0.05, 0.1) is 14.2 Å². The highest BCUT2D eigenvalue weighted by molar-refractivity contribution is 6.04. The molecule has 1 saturated heterocycles. The molecule has 170 valence electrons. The lowest BCUT2D eigenvalue weighted by molar-refractivity contribution is -0.129.